The zero-order chi connectivity index (χ0) is 32.0. The minimum atomic E-state index is -0.521. The summed E-state index contributed by atoms with van der Waals surface area (Å²) < 4.78 is 2.79. The predicted octanol–water partition coefficient (Wildman–Crippen LogP) is 4.67. The van der Waals surface area contributed by atoms with Crippen molar-refractivity contribution in [1.82, 2.24) is 15.0 Å². The van der Waals surface area contributed by atoms with E-state index in [2.05, 4.69) is 25.0 Å². The largest absolute Gasteiger partial charge is 0.289 e. The fourth-order valence-electron chi connectivity index (χ4n) is 3.75. The fraction of sp³-hybridized carbons (Fsp3) is 0. The van der Waals surface area contributed by atoms with Crippen LogP contribution in [-0.4, -0.2) is 35.5 Å². The molecule has 0 aliphatic heterocycles. The number of nitrogens with zero attached hydrogens (tertiary/aromatic N) is 10. The molecule has 6 heterocycles. The molecule has 0 spiro atoms. The molecule has 0 saturated heterocycles. The van der Waals surface area contributed by atoms with E-state index in [4.69, 9.17) is 5.53 Å². The maximum Gasteiger partial charge on any atom is 0.289 e. The first-order valence-electron chi connectivity index (χ1n) is 13.0. The van der Waals surface area contributed by atoms with Gasteiger partial charge in [0.05, 0.1) is 22.7 Å². The number of pyridine rings is 6. The fourth-order valence-corrected chi connectivity index (χ4v) is 3.75. The number of aromatic nitrogens is 6. The number of hydrogen-bond donors (Lipinski definition) is 3. The molecule has 45 heavy (non-hydrogen) atoms. The maximum absolute atomic E-state index is 10.6. The molecular formula is C30H25N10O5+3. The Morgan fingerprint density at radius 3 is 1.62 bits per heavy atom. The first-order valence-corrected chi connectivity index (χ1v) is 13.0. The van der Waals surface area contributed by atoms with Crippen molar-refractivity contribution in [1.29, 1.82) is 0 Å². The van der Waals surface area contributed by atoms with E-state index in [9.17, 15) is 25.7 Å². The van der Waals surface area contributed by atoms with Gasteiger partial charge in [0.2, 0.25) is 18.6 Å². The molecule has 6 rings (SSSR count). The average Bonchev–Trinajstić information content (AvgIpc) is 3.08. The molecule has 0 radical (unpaired) electrons. The molecule has 0 aromatic carbocycles. The molecule has 0 unspecified atom stereocenters. The summed E-state index contributed by atoms with van der Waals surface area (Å²) in [5.74, 6) is 0. The Hall–Kier alpha value is -6.99. The minimum Gasteiger partial charge on any atom is -0.284 e. The first-order chi connectivity index (χ1) is 21.9. The molecule has 0 aliphatic rings. The smallest absolute Gasteiger partial charge is 0.284 e. The van der Waals surface area contributed by atoms with Gasteiger partial charge in [0.15, 0.2) is 0 Å². The quantitative estimate of drug-likeness (QED) is 0.0478. The number of azide groups is 1. The van der Waals surface area contributed by atoms with E-state index in [-0.39, 0.29) is 11.4 Å². The van der Waals surface area contributed by atoms with Gasteiger partial charge in [-0.25, -0.2) is 15.0 Å². The van der Waals surface area contributed by atoms with Crippen LogP contribution in [0.4, 0.5) is 11.4 Å². The normalized spacial score (nSPS) is 9.78. The Morgan fingerprint density at radius 1 is 0.644 bits per heavy atom. The van der Waals surface area contributed by atoms with Gasteiger partial charge >= 0.3 is 0 Å². The van der Waals surface area contributed by atoms with Gasteiger partial charge in [-0.3, -0.25) is 25.7 Å². The molecule has 3 N–H and O–H groups in total. The lowest BCUT2D eigenvalue weighted by atomic mass is 10.2. The summed E-state index contributed by atoms with van der Waals surface area (Å²) in [6.07, 6.45) is 9.05. The van der Waals surface area contributed by atoms with Crippen molar-refractivity contribution in [2.24, 2.45) is 5.11 Å². The Bertz CT molecular complexity index is 1840. The van der Waals surface area contributed by atoms with E-state index in [0.717, 1.165) is 19.9 Å². The van der Waals surface area contributed by atoms with Crippen LogP contribution in [0.15, 0.2) is 139 Å². The second kappa shape index (κ2) is 15.3. The predicted molar refractivity (Wildman–Crippen MR) is 157 cm³/mol. The molecule has 0 atom stereocenters. The molecule has 6 aromatic rings. The average molecular weight is 606 g/mol. The highest BCUT2D eigenvalue weighted by molar-refractivity contribution is 5.55. The lowest BCUT2D eigenvalue weighted by Crippen LogP contribution is -2.32. The van der Waals surface area contributed by atoms with Gasteiger partial charge in [-0.2, -0.15) is 0 Å². The summed E-state index contributed by atoms with van der Waals surface area (Å²) in [5.41, 5.74) is 11.9. The summed E-state index contributed by atoms with van der Waals surface area (Å²) in [5, 5.41) is 42.6. The van der Waals surface area contributed by atoms with Crippen LogP contribution in [0.1, 0.15) is 0 Å². The number of hydrogen-bond acceptors (Lipinski definition) is 9. The SMILES string of the molecule is O=[N+]([O-])c1cc[n+](O)c(-c2ccccn2)c1.O[n+]1ccccc1-c1ccccn1.[N-]=[N+]=Nc1cc[n+](O)c(-c2ccccn2)c1. The monoisotopic (exact) mass is 605 g/mol. The second-order valence-electron chi connectivity index (χ2n) is 8.75. The molecule has 0 amide bonds. The van der Waals surface area contributed by atoms with Crippen LogP contribution in [0, 0.1) is 10.1 Å². The molecule has 15 nitrogen and oxygen atoms in total. The first kappa shape index (κ1) is 31.0. The maximum atomic E-state index is 10.6. The molecule has 222 valence electrons. The van der Waals surface area contributed by atoms with Crippen LogP contribution in [-0.2, 0) is 0 Å². The molecule has 15 heteroatoms. The minimum absolute atomic E-state index is 0.0917. The standard InChI is InChI=1S/C10H8N5O.C10H8N3O3.C10H9N2O/c11-14-13-8-4-6-15(16)10(7-8)9-3-1-2-5-12-9;14-12-6-4-8(13(15)16)7-10(12)9-3-1-2-5-11-9;13-12-8-4-2-6-10(12)9-5-1-3-7-11-9/h1-7,16H;1-7,14H;1-8,13H/q3*+1. The summed E-state index contributed by atoms with van der Waals surface area (Å²) >= 11 is 0. The highest BCUT2D eigenvalue weighted by atomic mass is 16.6. The van der Waals surface area contributed by atoms with Crippen LogP contribution in [0.2, 0.25) is 0 Å². The summed E-state index contributed by atoms with van der Waals surface area (Å²) in [6, 6.07) is 27.0. The molecule has 6 aromatic heterocycles. The van der Waals surface area contributed by atoms with Crippen molar-refractivity contribution in [2.45, 2.75) is 0 Å². The number of rotatable bonds is 5. The van der Waals surface area contributed by atoms with Crippen molar-refractivity contribution in [3.63, 3.8) is 0 Å². The van der Waals surface area contributed by atoms with Crippen LogP contribution in [0.25, 0.3) is 44.6 Å². The van der Waals surface area contributed by atoms with E-state index in [1.807, 2.05) is 36.4 Å². The van der Waals surface area contributed by atoms with Crippen molar-refractivity contribution in [3.05, 3.63) is 155 Å². The van der Waals surface area contributed by atoms with Crippen LogP contribution >= 0.6 is 0 Å². The topological polar surface area (TPSA) is 203 Å². The lowest BCUT2D eigenvalue weighted by Gasteiger charge is -1.96. The van der Waals surface area contributed by atoms with E-state index >= 15 is 0 Å². The van der Waals surface area contributed by atoms with Gasteiger partial charge in [-0.05, 0) is 48.0 Å². The third kappa shape index (κ3) is 8.51. The summed E-state index contributed by atoms with van der Waals surface area (Å²) in [4.78, 5) is 25.0. The van der Waals surface area contributed by atoms with Crippen molar-refractivity contribution < 1.29 is 34.7 Å². The molecular weight excluding hydrogens is 580 g/mol. The van der Waals surface area contributed by atoms with Crippen molar-refractivity contribution in [3.8, 4) is 34.2 Å². The van der Waals surface area contributed by atoms with Gasteiger partial charge in [-0.1, -0.05) is 23.3 Å². The van der Waals surface area contributed by atoms with Crippen molar-refractivity contribution in [2.75, 3.05) is 0 Å². The van der Waals surface area contributed by atoms with Crippen LogP contribution in [0.5, 0.6) is 0 Å². The third-order valence-electron chi connectivity index (χ3n) is 5.83. The molecule has 0 aliphatic carbocycles. The van der Waals surface area contributed by atoms with Gasteiger partial charge < -0.3 is 0 Å². The van der Waals surface area contributed by atoms with Gasteiger partial charge in [-0.15, -0.1) is 0 Å². The zero-order valence-electron chi connectivity index (χ0n) is 23.3. The Morgan fingerprint density at radius 2 is 1.13 bits per heavy atom. The highest BCUT2D eigenvalue weighted by Gasteiger charge is 2.19. The Labute approximate surface area is 255 Å². The molecule has 0 bridgehead atoms. The van der Waals surface area contributed by atoms with Crippen molar-refractivity contribution >= 4 is 11.4 Å². The van der Waals surface area contributed by atoms with Crippen LogP contribution < -0.4 is 14.2 Å². The van der Waals surface area contributed by atoms with E-state index in [1.165, 1.54) is 30.6 Å². The zero-order valence-corrected chi connectivity index (χ0v) is 23.3. The number of nitro groups is 1. The molecule has 0 saturated carbocycles. The highest BCUT2D eigenvalue weighted by Crippen LogP contribution is 2.19. The van der Waals surface area contributed by atoms with Gasteiger partial charge in [0.1, 0.15) is 17.1 Å². The second-order valence-corrected chi connectivity index (χ2v) is 8.75. The Kier molecular flexibility index (Phi) is 10.5. The summed E-state index contributed by atoms with van der Waals surface area (Å²) in [7, 11) is 0. The molecule has 0 fully saturated rings. The summed E-state index contributed by atoms with van der Waals surface area (Å²) in [6.45, 7) is 0. The van der Waals surface area contributed by atoms with Crippen LogP contribution in [0.3, 0.4) is 0 Å². The third-order valence-corrected chi connectivity index (χ3v) is 5.83. The Balaban J connectivity index is 0.000000155. The van der Waals surface area contributed by atoms with Gasteiger partial charge in [0, 0.05) is 62.0 Å². The van der Waals surface area contributed by atoms with E-state index in [0.29, 0.717) is 28.5 Å². The van der Waals surface area contributed by atoms with Gasteiger partial charge in [0.25, 0.3) is 22.8 Å². The lowest BCUT2D eigenvalue weighted by molar-refractivity contribution is -0.896. The van der Waals surface area contributed by atoms with E-state index in [1.54, 1.807) is 67.3 Å². The van der Waals surface area contributed by atoms with E-state index < -0.39 is 4.92 Å².